The van der Waals surface area contributed by atoms with E-state index in [9.17, 15) is 0 Å². The van der Waals surface area contributed by atoms with Crippen LogP contribution < -0.4 is 0 Å². The second-order valence-electron chi connectivity index (χ2n) is 2.99. The topological polar surface area (TPSA) is 30.7 Å². The molecular formula is C10H10ClN3S. The van der Waals surface area contributed by atoms with Gasteiger partial charge in [-0.15, -0.1) is 28.5 Å². The van der Waals surface area contributed by atoms with Crippen molar-refractivity contribution in [2.45, 2.75) is 10.8 Å². The first-order valence-corrected chi connectivity index (χ1v) is 6.21. The number of aromatic nitrogens is 3. The number of thioether (sulfide) groups is 1. The largest absolute Gasteiger partial charge is 0.220 e. The van der Waals surface area contributed by atoms with Gasteiger partial charge in [-0.25, -0.2) is 4.68 Å². The third-order valence-electron chi connectivity index (χ3n) is 2.00. The highest BCUT2D eigenvalue weighted by Gasteiger charge is 2.01. The van der Waals surface area contributed by atoms with Gasteiger partial charge in [0.25, 0.3) is 0 Å². The van der Waals surface area contributed by atoms with Gasteiger partial charge >= 0.3 is 0 Å². The molecule has 1 heterocycles. The number of rotatable bonds is 3. The summed E-state index contributed by atoms with van der Waals surface area (Å²) in [6.07, 6.45) is 3.89. The number of hydrogen-bond acceptors (Lipinski definition) is 3. The maximum absolute atomic E-state index is 5.67. The number of benzene rings is 1. The Balaban J connectivity index is 2.35. The number of alkyl halides is 1. The van der Waals surface area contributed by atoms with Gasteiger partial charge in [-0.2, -0.15) is 0 Å². The Bertz CT molecular complexity index is 455. The van der Waals surface area contributed by atoms with Gasteiger partial charge in [0.2, 0.25) is 0 Å². The Morgan fingerprint density at radius 1 is 1.47 bits per heavy atom. The van der Waals surface area contributed by atoms with E-state index in [1.54, 1.807) is 16.4 Å². The summed E-state index contributed by atoms with van der Waals surface area (Å²) in [6.45, 7) is 0. The normalized spacial score (nSPS) is 10.5. The molecule has 2 rings (SSSR count). The summed E-state index contributed by atoms with van der Waals surface area (Å²) in [5, 5.41) is 7.95. The number of hydrogen-bond donors (Lipinski definition) is 0. The van der Waals surface area contributed by atoms with E-state index < -0.39 is 0 Å². The van der Waals surface area contributed by atoms with Gasteiger partial charge in [-0.05, 0) is 24.5 Å². The molecule has 78 valence electrons. The molecule has 1 aromatic carbocycles. The fourth-order valence-electron chi connectivity index (χ4n) is 1.24. The smallest absolute Gasteiger partial charge is 0.0979 e. The molecule has 3 nitrogen and oxygen atoms in total. The van der Waals surface area contributed by atoms with Gasteiger partial charge in [0.05, 0.1) is 23.5 Å². The highest BCUT2D eigenvalue weighted by Crippen LogP contribution is 2.18. The summed E-state index contributed by atoms with van der Waals surface area (Å²) in [7, 11) is 0. The molecule has 0 N–H and O–H groups in total. The van der Waals surface area contributed by atoms with Crippen LogP contribution in [0.15, 0.2) is 35.4 Å². The van der Waals surface area contributed by atoms with Gasteiger partial charge in [0, 0.05) is 4.90 Å². The predicted molar refractivity (Wildman–Crippen MR) is 62.7 cm³/mol. The van der Waals surface area contributed by atoms with E-state index in [0.717, 1.165) is 11.4 Å². The first-order valence-electron chi connectivity index (χ1n) is 4.45. The molecule has 0 aliphatic rings. The van der Waals surface area contributed by atoms with Crippen molar-refractivity contribution in [1.29, 1.82) is 0 Å². The molecule has 0 spiro atoms. The van der Waals surface area contributed by atoms with E-state index in [1.807, 2.05) is 24.6 Å². The molecule has 0 aliphatic carbocycles. The fraction of sp³-hybridized carbons (Fsp3) is 0.200. The molecule has 0 radical (unpaired) electrons. The summed E-state index contributed by atoms with van der Waals surface area (Å²) in [5.41, 5.74) is 1.79. The van der Waals surface area contributed by atoms with Crippen LogP contribution in [0.1, 0.15) is 5.69 Å². The highest BCUT2D eigenvalue weighted by molar-refractivity contribution is 7.98. The van der Waals surface area contributed by atoms with Crippen LogP contribution in [0.2, 0.25) is 0 Å². The van der Waals surface area contributed by atoms with Gasteiger partial charge in [0.15, 0.2) is 0 Å². The SMILES string of the molecule is CSc1cccc(-n2cc(CCl)nn2)c1. The number of halogens is 1. The van der Waals surface area contributed by atoms with Crippen LogP contribution in [0, 0.1) is 0 Å². The molecule has 5 heteroatoms. The molecule has 0 saturated heterocycles. The first kappa shape index (κ1) is 10.5. The van der Waals surface area contributed by atoms with E-state index >= 15 is 0 Å². The zero-order valence-corrected chi connectivity index (χ0v) is 9.79. The minimum absolute atomic E-state index is 0.391. The lowest BCUT2D eigenvalue weighted by Gasteiger charge is -2.01. The summed E-state index contributed by atoms with van der Waals surface area (Å²) < 4.78 is 1.73. The second kappa shape index (κ2) is 4.68. The monoisotopic (exact) mass is 239 g/mol. The molecule has 15 heavy (non-hydrogen) atoms. The maximum Gasteiger partial charge on any atom is 0.0979 e. The Kier molecular flexibility index (Phi) is 3.28. The average molecular weight is 240 g/mol. The standard InChI is InChI=1S/C10H10ClN3S/c1-15-10-4-2-3-9(5-10)14-7-8(6-11)12-13-14/h2-5,7H,6H2,1H3. The van der Waals surface area contributed by atoms with Crippen LogP contribution in [0.4, 0.5) is 0 Å². The van der Waals surface area contributed by atoms with Crippen LogP contribution in [-0.4, -0.2) is 21.2 Å². The summed E-state index contributed by atoms with van der Waals surface area (Å²) in [4.78, 5) is 1.20. The third-order valence-corrected chi connectivity index (χ3v) is 2.99. The summed E-state index contributed by atoms with van der Waals surface area (Å²) >= 11 is 7.37. The van der Waals surface area contributed by atoms with Gasteiger partial charge < -0.3 is 0 Å². The third kappa shape index (κ3) is 2.33. The lowest BCUT2D eigenvalue weighted by molar-refractivity contribution is 0.798. The molecule has 2 aromatic rings. The Morgan fingerprint density at radius 3 is 3.00 bits per heavy atom. The van der Waals surface area contributed by atoms with Gasteiger partial charge in [0.1, 0.15) is 0 Å². The quantitative estimate of drug-likeness (QED) is 0.610. The van der Waals surface area contributed by atoms with Crippen LogP contribution in [0.25, 0.3) is 5.69 Å². The molecule has 0 saturated carbocycles. The molecule has 1 aromatic heterocycles. The minimum atomic E-state index is 0.391. The lowest BCUT2D eigenvalue weighted by Crippen LogP contribution is -1.94. The van der Waals surface area contributed by atoms with Crippen molar-refractivity contribution in [3.8, 4) is 5.69 Å². The highest BCUT2D eigenvalue weighted by atomic mass is 35.5. The van der Waals surface area contributed by atoms with E-state index in [2.05, 4.69) is 22.4 Å². The van der Waals surface area contributed by atoms with E-state index in [-0.39, 0.29) is 0 Å². The Labute approximate surface area is 97.4 Å². The molecule has 0 unspecified atom stereocenters. The average Bonchev–Trinajstić information content (AvgIpc) is 2.78. The molecule has 0 bridgehead atoms. The van der Waals surface area contributed by atoms with Crippen molar-refractivity contribution in [2.24, 2.45) is 0 Å². The van der Waals surface area contributed by atoms with Crippen molar-refractivity contribution < 1.29 is 0 Å². The second-order valence-corrected chi connectivity index (χ2v) is 4.14. The van der Waals surface area contributed by atoms with Crippen LogP contribution >= 0.6 is 23.4 Å². The molecule has 0 aliphatic heterocycles. The fourth-order valence-corrected chi connectivity index (χ4v) is 1.81. The molecule has 0 amide bonds. The van der Waals surface area contributed by atoms with E-state index in [4.69, 9.17) is 11.6 Å². The Hall–Kier alpha value is -1.00. The predicted octanol–water partition coefficient (Wildman–Crippen LogP) is 2.73. The van der Waals surface area contributed by atoms with Crippen LogP contribution in [0.3, 0.4) is 0 Å². The van der Waals surface area contributed by atoms with Crippen molar-refractivity contribution in [2.75, 3.05) is 6.26 Å². The van der Waals surface area contributed by atoms with Crippen LogP contribution in [-0.2, 0) is 5.88 Å². The lowest BCUT2D eigenvalue weighted by atomic mass is 10.3. The zero-order chi connectivity index (χ0) is 10.7. The summed E-state index contributed by atoms with van der Waals surface area (Å²) in [6, 6.07) is 8.13. The minimum Gasteiger partial charge on any atom is -0.220 e. The Morgan fingerprint density at radius 2 is 2.33 bits per heavy atom. The van der Waals surface area contributed by atoms with Crippen molar-refractivity contribution in [1.82, 2.24) is 15.0 Å². The molecule has 0 fully saturated rings. The maximum atomic E-state index is 5.67. The molecular weight excluding hydrogens is 230 g/mol. The van der Waals surface area contributed by atoms with Crippen molar-refractivity contribution in [3.63, 3.8) is 0 Å². The van der Waals surface area contributed by atoms with E-state index in [0.29, 0.717) is 5.88 Å². The van der Waals surface area contributed by atoms with Gasteiger partial charge in [-0.1, -0.05) is 11.3 Å². The zero-order valence-electron chi connectivity index (χ0n) is 8.22. The van der Waals surface area contributed by atoms with Crippen molar-refractivity contribution >= 4 is 23.4 Å². The first-order chi connectivity index (χ1) is 7.33. The van der Waals surface area contributed by atoms with E-state index in [1.165, 1.54) is 4.90 Å². The summed E-state index contributed by atoms with van der Waals surface area (Å²) in [5.74, 6) is 0.391. The van der Waals surface area contributed by atoms with Gasteiger partial charge in [-0.3, -0.25) is 0 Å². The molecule has 0 atom stereocenters. The van der Waals surface area contributed by atoms with Crippen molar-refractivity contribution in [3.05, 3.63) is 36.2 Å². The van der Waals surface area contributed by atoms with Crippen LogP contribution in [0.5, 0.6) is 0 Å². The number of nitrogens with zero attached hydrogens (tertiary/aromatic N) is 3.